The van der Waals surface area contributed by atoms with Crippen molar-refractivity contribution in [3.05, 3.63) is 88.3 Å². The van der Waals surface area contributed by atoms with Gasteiger partial charge in [-0.05, 0) is 47.0 Å². The summed E-state index contributed by atoms with van der Waals surface area (Å²) in [5, 5.41) is 19.1. The van der Waals surface area contributed by atoms with Crippen LogP contribution in [0.2, 0.25) is 0 Å². The van der Waals surface area contributed by atoms with Crippen LogP contribution in [0, 0.1) is 0 Å². The van der Waals surface area contributed by atoms with Crippen LogP contribution in [0.5, 0.6) is 0 Å². The number of nitrogens with zero attached hydrogens (tertiary/aromatic N) is 6. The Morgan fingerprint density at radius 1 is 1.03 bits per heavy atom. The lowest BCUT2D eigenvalue weighted by atomic mass is 10.2. The first-order valence-electron chi connectivity index (χ1n) is 9.99. The number of hydrogen-bond acceptors (Lipinski definition) is 6. The van der Waals surface area contributed by atoms with E-state index in [9.17, 15) is 9.59 Å². The Bertz CT molecular complexity index is 1290. The van der Waals surface area contributed by atoms with Gasteiger partial charge >= 0.3 is 0 Å². The Balaban J connectivity index is 1.36. The summed E-state index contributed by atoms with van der Waals surface area (Å²) in [7, 11) is 0. The molecular weight excluding hydrogens is 394 g/mol. The largest absolute Gasteiger partial charge is 0.321 e. The molecule has 1 aliphatic rings. The van der Waals surface area contributed by atoms with Crippen molar-refractivity contribution in [2.75, 3.05) is 5.32 Å². The normalized spacial score (nSPS) is 13.2. The molecule has 154 valence electrons. The zero-order chi connectivity index (χ0) is 21.2. The maximum atomic E-state index is 12.8. The van der Waals surface area contributed by atoms with Gasteiger partial charge < -0.3 is 5.32 Å². The summed E-state index contributed by atoms with van der Waals surface area (Å²) in [6.07, 6.45) is 2.14. The fourth-order valence-corrected chi connectivity index (χ4v) is 3.32. The summed E-state index contributed by atoms with van der Waals surface area (Å²) in [6, 6.07) is 20.0. The van der Waals surface area contributed by atoms with Gasteiger partial charge in [-0.3, -0.25) is 9.59 Å². The summed E-state index contributed by atoms with van der Waals surface area (Å²) >= 11 is 0. The Labute approximate surface area is 177 Å². The molecule has 2 aromatic carbocycles. The molecule has 2 heterocycles. The maximum Gasteiger partial charge on any atom is 0.276 e. The number of rotatable bonds is 6. The van der Waals surface area contributed by atoms with E-state index in [1.807, 2.05) is 53.2 Å². The van der Waals surface area contributed by atoms with Crippen LogP contribution in [-0.4, -0.2) is 35.9 Å². The van der Waals surface area contributed by atoms with E-state index < -0.39 is 5.91 Å². The van der Waals surface area contributed by atoms with Gasteiger partial charge in [-0.15, -0.1) is 5.10 Å². The van der Waals surface area contributed by atoms with Gasteiger partial charge in [0.2, 0.25) is 0 Å². The molecule has 0 saturated heterocycles. The van der Waals surface area contributed by atoms with Gasteiger partial charge in [-0.2, -0.15) is 5.10 Å². The van der Waals surface area contributed by atoms with Crippen molar-refractivity contribution >= 4 is 11.6 Å². The maximum absolute atomic E-state index is 12.8. The second-order valence-electron chi connectivity index (χ2n) is 7.41. The monoisotopic (exact) mass is 413 g/mol. The van der Waals surface area contributed by atoms with Crippen LogP contribution in [-0.2, 0) is 6.54 Å². The summed E-state index contributed by atoms with van der Waals surface area (Å²) in [4.78, 5) is 25.0. The molecule has 0 radical (unpaired) electrons. The van der Waals surface area contributed by atoms with Crippen LogP contribution in [0.25, 0.3) is 11.4 Å². The summed E-state index contributed by atoms with van der Waals surface area (Å²) in [6.45, 7) is 0.292. The number of tetrazole rings is 1. The third kappa shape index (κ3) is 4.11. The lowest BCUT2D eigenvalue weighted by Crippen LogP contribution is -2.26. The minimum Gasteiger partial charge on any atom is -0.321 e. The Hall–Kier alpha value is -4.14. The van der Waals surface area contributed by atoms with E-state index in [4.69, 9.17) is 0 Å². The molecule has 4 aromatic rings. The Morgan fingerprint density at radius 3 is 2.68 bits per heavy atom. The number of nitrogens with one attached hydrogen (secondary N) is 1. The van der Waals surface area contributed by atoms with Gasteiger partial charge in [-0.1, -0.05) is 42.5 Å². The van der Waals surface area contributed by atoms with Crippen molar-refractivity contribution in [1.82, 2.24) is 30.0 Å². The quantitative estimate of drug-likeness (QED) is 0.520. The van der Waals surface area contributed by atoms with Crippen LogP contribution in [0.4, 0.5) is 5.69 Å². The summed E-state index contributed by atoms with van der Waals surface area (Å²) in [5.74, 6) is 0.272. The third-order valence-corrected chi connectivity index (χ3v) is 5.04. The van der Waals surface area contributed by atoms with Gasteiger partial charge in [-0.25, -0.2) is 9.36 Å². The van der Waals surface area contributed by atoms with E-state index in [-0.39, 0.29) is 11.3 Å². The van der Waals surface area contributed by atoms with E-state index in [1.54, 1.807) is 6.07 Å². The molecule has 0 aliphatic heterocycles. The van der Waals surface area contributed by atoms with E-state index in [1.165, 1.54) is 16.8 Å². The third-order valence-electron chi connectivity index (χ3n) is 5.04. The van der Waals surface area contributed by atoms with Crippen molar-refractivity contribution in [3.8, 4) is 11.4 Å². The van der Waals surface area contributed by atoms with Crippen LogP contribution in [0.1, 0.15) is 34.9 Å². The number of benzene rings is 2. The predicted octanol–water partition coefficient (Wildman–Crippen LogP) is 2.53. The number of hydrogen-bond donors (Lipinski definition) is 1. The first-order chi connectivity index (χ1) is 15.2. The molecular formula is C22H19N7O2. The van der Waals surface area contributed by atoms with Gasteiger partial charge in [0, 0.05) is 17.3 Å². The van der Waals surface area contributed by atoms with Crippen LogP contribution < -0.4 is 10.9 Å². The highest BCUT2D eigenvalue weighted by atomic mass is 16.2. The zero-order valence-electron chi connectivity index (χ0n) is 16.5. The van der Waals surface area contributed by atoms with E-state index in [2.05, 4.69) is 25.9 Å². The highest BCUT2D eigenvalue weighted by Gasteiger charge is 2.28. The molecule has 2 aromatic heterocycles. The van der Waals surface area contributed by atoms with E-state index >= 15 is 0 Å². The zero-order valence-corrected chi connectivity index (χ0v) is 16.5. The van der Waals surface area contributed by atoms with Crippen LogP contribution >= 0.6 is 0 Å². The van der Waals surface area contributed by atoms with Crippen molar-refractivity contribution in [2.45, 2.75) is 25.4 Å². The molecule has 1 saturated carbocycles. The average Bonchev–Trinajstić information content (AvgIpc) is 3.52. The summed E-state index contributed by atoms with van der Waals surface area (Å²) < 4.78 is 3.10. The van der Waals surface area contributed by atoms with Gasteiger partial charge in [0.15, 0.2) is 5.82 Å². The second kappa shape index (κ2) is 7.94. The molecule has 9 heteroatoms. The van der Waals surface area contributed by atoms with E-state index in [0.717, 1.165) is 24.0 Å². The molecule has 31 heavy (non-hydrogen) atoms. The fraction of sp³-hybridized carbons (Fsp3) is 0.182. The second-order valence-corrected chi connectivity index (χ2v) is 7.41. The van der Waals surface area contributed by atoms with Crippen LogP contribution in [0.15, 0.2) is 71.5 Å². The number of carbonyl (C=O) groups excluding carboxylic acids is 1. The lowest BCUT2D eigenvalue weighted by Gasteiger charge is -2.09. The molecule has 0 bridgehead atoms. The molecule has 1 fully saturated rings. The number of aromatic nitrogens is 6. The molecule has 1 amide bonds. The smallest absolute Gasteiger partial charge is 0.276 e. The highest BCUT2D eigenvalue weighted by Crippen LogP contribution is 2.36. The van der Waals surface area contributed by atoms with Gasteiger partial charge in [0.25, 0.3) is 11.5 Å². The fourth-order valence-electron chi connectivity index (χ4n) is 3.32. The highest BCUT2D eigenvalue weighted by molar-refractivity contribution is 6.02. The van der Waals surface area contributed by atoms with Crippen LogP contribution in [0.3, 0.4) is 0 Å². The minimum atomic E-state index is -0.402. The molecule has 1 N–H and O–H groups in total. The number of anilines is 1. The Morgan fingerprint density at radius 2 is 1.87 bits per heavy atom. The molecule has 9 nitrogen and oxygen atoms in total. The SMILES string of the molecule is O=C(Nc1cccc(-c2nnnn2C2CC2)c1)c1ccc(=O)n(Cc2ccccc2)n1. The molecule has 0 spiro atoms. The average molecular weight is 413 g/mol. The van der Waals surface area contributed by atoms with Crippen molar-refractivity contribution in [3.63, 3.8) is 0 Å². The molecule has 5 rings (SSSR count). The Kier molecular flexibility index (Phi) is 4.83. The van der Waals surface area contributed by atoms with Gasteiger partial charge in [0.05, 0.1) is 12.6 Å². The van der Waals surface area contributed by atoms with Gasteiger partial charge in [0.1, 0.15) is 5.69 Å². The van der Waals surface area contributed by atoms with Crippen molar-refractivity contribution in [1.29, 1.82) is 0 Å². The molecule has 0 unspecified atom stereocenters. The summed E-state index contributed by atoms with van der Waals surface area (Å²) in [5.41, 5.74) is 2.22. The number of amides is 1. The molecule has 1 aliphatic carbocycles. The van der Waals surface area contributed by atoms with Crippen molar-refractivity contribution < 1.29 is 4.79 Å². The first-order valence-corrected chi connectivity index (χ1v) is 9.99. The first kappa shape index (κ1) is 18.9. The molecule has 0 atom stereocenters. The minimum absolute atomic E-state index is 0.156. The predicted molar refractivity (Wildman–Crippen MR) is 114 cm³/mol. The lowest BCUT2D eigenvalue weighted by molar-refractivity contribution is 0.102. The standard InChI is InChI=1S/C22H19N7O2/c30-20-12-11-19(25-28(20)14-15-5-2-1-3-6-15)22(31)23-17-8-4-7-16(13-17)21-24-26-27-29(21)18-9-10-18/h1-8,11-13,18H,9-10,14H2,(H,23,31). The van der Waals surface area contributed by atoms with E-state index in [0.29, 0.717) is 24.1 Å². The topological polar surface area (TPSA) is 108 Å². The number of carbonyl (C=O) groups is 1. The van der Waals surface area contributed by atoms with Crippen molar-refractivity contribution in [2.24, 2.45) is 0 Å².